The van der Waals surface area contributed by atoms with Crippen LogP contribution in [0.5, 0.6) is 0 Å². The van der Waals surface area contributed by atoms with Gasteiger partial charge in [-0.2, -0.15) is 0 Å². The zero-order valence-electron chi connectivity index (χ0n) is 16.7. The minimum absolute atomic E-state index is 0.164. The Morgan fingerprint density at radius 2 is 1.96 bits per heavy atom. The third-order valence-electron chi connectivity index (χ3n) is 5.24. The number of likely N-dealkylation sites (tertiary alicyclic amines) is 1. The molecule has 0 spiro atoms. The standard InChI is InChI=1S/C20H33N3O3/c1-5-16(6-2)20(24)23-9-7-17(8-10-23)19-18(13-21-15(3)22-19)14-26-12-11-25-4/h13,16-17H,5-12,14H2,1-4H3. The molecule has 146 valence electrons. The van der Waals surface area contributed by atoms with Crippen molar-refractivity contribution in [2.45, 2.75) is 59.0 Å². The summed E-state index contributed by atoms with van der Waals surface area (Å²) in [5.41, 5.74) is 2.14. The molecular formula is C20H33N3O3. The third kappa shape index (κ3) is 5.48. The normalized spacial score (nSPS) is 15.7. The number of carbonyl (C=O) groups is 1. The second kappa shape index (κ2) is 10.6. The maximum atomic E-state index is 12.6. The van der Waals surface area contributed by atoms with Crippen LogP contribution in [0.3, 0.4) is 0 Å². The van der Waals surface area contributed by atoms with E-state index in [0.29, 0.717) is 31.6 Å². The molecule has 2 heterocycles. The number of hydrogen-bond donors (Lipinski definition) is 0. The highest BCUT2D eigenvalue weighted by atomic mass is 16.5. The Bertz CT molecular complexity index is 567. The summed E-state index contributed by atoms with van der Waals surface area (Å²) in [5, 5.41) is 0. The zero-order chi connectivity index (χ0) is 18.9. The van der Waals surface area contributed by atoms with E-state index in [4.69, 9.17) is 14.5 Å². The zero-order valence-corrected chi connectivity index (χ0v) is 16.7. The molecule has 1 aliphatic heterocycles. The molecule has 0 N–H and O–H groups in total. The maximum Gasteiger partial charge on any atom is 0.225 e. The van der Waals surface area contributed by atoms with Gasteiger partial charge in [0.15, 0.2) is 0 Å². The van der Waals surface area contributed by atoms with E-state index in [9.17, 15) is 4.79 Å². The number of nitrogens with zero attached hydrogens (tertiary/aromatic N) is 3. The molecule has 0 bridgehead atoms. The van der Waals surface area contributed by atoms with Gasteiger partial charge in [0.05, 0.1) is 25.5 Å². The number of piperidine rings is 1. The smallest absolute Gasteiger partial charge is 0.225 e. The lowest BCUT2D eigenvalue weighted by atomic mass is 9.90. The van der Waals surface area contributed by atoms with Gasteiger partial charge in [-0.05, 0) is 32.6 Å². The van der Waals surface area contributed by atoms with Gasteiger partial charge in [0.2, 0.25) is 5.91 Å². The fourth-order valence-electron chi connectivity index (χ4n) is 3.57. The maximum absolute atomic E-state index is 12.6. The van der Waals surface area contributed by atoms with Gasteiger partial charge in [0.25, 0.3) is 0 Å². The van der Waals surface area contributed by atoms with Crippen LogP contribution in [0.1, 0.15) is 62.5 Å². The van der Waals surface area contributed by atoms with Crippen LogP contribution in [0.25, 0.3) is 0 Å². The number of amides is 1. The molecule has 1 saturated heterocycles. The first-order valence-electron chi connectivity index (χ1n) is 9.78. The van der Waals surface area contributed by atoms with Crippen LogP contribution in [0.4, 0.5) is 0 Å². The van der Waals surface area contributed by atoms with Crippen molar-refractivity contribution in [2.75, 3.05) is 33.4 Å². The average Bonchev–Trinajstić information content (AvgIpc) is 2.67. The van der Waals surface area contributed by atoms with Crippen molar-refractivity contribution in [1.29, 1.82) is 0 Å². The molecule has 26 heavy (non-hydrogen) atoms. The fourth-order valence-corrected chi connectivity index (χ4v) is 3.57. The molecule has 2 rings (SSSR count). The van der Waals surface area contributed by atoms with Crippen LogP contribution in [0.2, 0.25) is 0 Å². The molecule has 6 heteroatoms. The minimum Gasteiger partial charge on any atom is -0.382 e. The molecule has 1 amide bonds. The number of hydrogen-bond acceptors (Lipinski definition) is 5. The first kappa shape index (κ1) is 20.8. The Kier molecular flexibility index (Phi) is 8.45. The summed E-state index contributed by atoms with van der Waals surface area (Å²) in [7, 11) is 1.67. The van der Waals surface area contributed by atoms with Crippen LogP contribution < -0.4 is 0 Å². The van der Waals surface area contributed by atoms with Gasteiger partial charge < -0.3 is 14.4 Å². The monoisotopic (exact) mass is 363 g/mol. The number of aryl methyl sites for hydroxylation is 1. The largest absolute Gasteiger partial charge is 0.382 e. The summed E-state index contributed by atoms with van der Waals surface area (Å²) < 4.78 is 10.7. The summed E-state index contributed by atoms with van der Waals surface area (Å²) in [4.78, 5) is 23.7. The second-order valence-electron chi connectivity index (χ2n) is 6.99. The van der Waals surface area contributed by atoms with E-state index in [1.54, 1.807) is 7.11 Å². The molecule has 1 aromatic heterocycles. The minimum atomic E-state index is 0.164. The van der Waals surface area contributed by atoms with Gasteiger partial charge in [-0.15, -0.1) is 0 Å². The van der Waals surface area contributed by atoms with Crippen molar-refractivity contribution in [3.05, 3.63) is 23.3 Å². The van der Waals surface area contributed by atoms with Crippen LogP contribution in [-0.2, 0) is 20.9 Å². The van der Waals surface area contributed by atoms with Crippen LogP contribution in [-0.4, -0.2) is 54.2 Å². The van der Waals surface area contributed by atoms with Crippen molar-refractivity contribution in [2.24, 2.45) is 5.92 Å². The van der Waals surface area contributed by atoms with E-state index in [1.807, 2.05) is 18.0 Å². The van der Waals surface area contributed by atoms with E-state index in [2.05, 4.69) is 18.8 Å². The summed E-state index contributed by atoms with van der Waals surface area (Å²) >= 11 is 0. The quantitative estimate of drug-likeness (QED) is 0.631. The molecule has 1 aliphatic rings. The van der Waals surface area contributed by atoms with Gasteiger partial charge in [0.1, 0.15) is 5.82 Å². The number of ether oxygens (including phenoxy) is 2. The lowest BCUT2D eigenvalue weighted by Crippen LogP contribution is -2.41. The molecular weight excluding hydrogens is 330 g/mol. The average molecular weight is 364 g/mol. The van der Waals surface area contributed by atoms with E-state index in [-0.39, 0.29) is 5.92 Å². The Hall–Kier alpha value is -1.53. The lowest BCUT2D eigenvalue weighted by molar-refractivity contribution is -0.136. The first-order chi connectivity index (χ1) is 12.6. The SMILES string of the molecule is CCC(CC)C(=O)N1CCC(c2nc(C)ncc2COCCOC)CC1. The van der Waals surface area contributed by atoms with Crippen LogP contribution >= 0.6 is 0 Å². The van der Waals surface area contributed by atoms with Crippen molar-refractivity contribution in [1.82, 2.24) is 14.9 Å². The topological polar surface area (TPSA) is 64.6 Å². The highest BCUT2D eigenvalue weighted by Crippen LogP contribution is 2.30. The Balaban J connectivity index is 1.99. The summed E-state index contributed by atoms with van der Waals surface area (Å²) in [6, 6.07) is 0. The molecule has 1 aromatic rings. The molecule has 0 saturated carbocycles. The number of methoxy groups -OCH3 is 1. The lowest BCUT2D eigenvalue weighted by Gasteiger charge is -2.34. The fraction of sp³-hybridized carbons (Fsp3) is 0.750. The molecule has 0 aromatic carbocycles. The second-order valence-corrected chi connectivity index (χ2v) is 6.99. The molecule has 0 unspecified atom stereocenters. The van der Waals surface area contributed by atoms with Crippen LogP contribution in [0, 0.1) is 12.8 Å². The highest BCUT2D eigenvalue weighted by molar-refractivity contribution is 5.78. The molecule has 0 atom stereocenters. The molecule has 0 aliphatic carbocycles. The van der Waals surface area contributed by atoms with Crippen LogP contribution in [0.15, 0.2) is 6.20 Å². The van der Waals surface area contributed by atoms with Crippen molar-refractivity contribution < 1.29 is 14.3 Å². The Morgan fingerprint density at radius 1 is 1.27 bits per heavy atom. The van der Waals surface area contributed by atoms with E-state index in [0.717, 1.165) is 55.9 Å². The van der Waals surface area contributed by atoms with Gasteiger partial charge in [-0.25, -0.2) is 9.97 Å². The number of aromatic nitrogens is 2. The third-order valence-corrected chi connectivity index (χ3v) is 5.24. The van der Waals surface area contributed by atoms with E-state index in [1.165, 1.54) is 0 Å². The Morgan fingerprint density at radius 3 is 2.58 bits per heavy atom. The van der Waals surface area contributed by atoms with E-state index >= 15 is 0 Å². The van der Waals surface area contributed by atoms with Gasteiger partial charge >= 0.3 is 0 Å². The molecule has 0 radical (unpaired) electrons. The molecule has 6 nitrogen and oxygen atoms in total. The predicted octanol–water partition coefficient (Wildman–Crippen LogP) is 3.09. The van der Waals surface area contributed by atoms with Gasteiger partial charge in [-0.1, -0.05) is 13.8 Å². The first-order valence-corrected chi connectivity index (χ1v) is 9.78. The highest BCUT2D eigenvalue weighted by Gasteiger charge is 2.29. The molecule has 1 fully saturated rings. The van der Waals surface area contributed by atoms with E-state index < -0.39 is 0 Å². The van der Waals surface area contributed by atoms with Gasteiger partial charge in [0, 0.05) is 43.8 Å². The summed E-state index contributed by atoms with van der Waals surface area (Å²) in [6.45, 7) is 9.39. The predicted molar refractivity (Wildman–Crippen MR) is 101 cm³/mol. The van der Waals surface area contributed by atoms with Crippen molar-refractivity contribution >= 4 is 5.91 Å². The summed E-state index contributed by atoms with van der Waals surface area (Å²) in [5.74, 6) is 1.63. The summed E-state index contributed by atoms with van der Waals surface area (Å²) in [6.07, 6.45) is 5.62. The Labute approximate surface area is 157 Å². The number of carbonyl (C=O) groups excluding carboxylic acids is 1. The van der Waals surface area contributed by atoms with Gasteiger partial charge in [-0.3, -0.25) is 4.79 Å². The number of rotatable bonds is 9. The van der Waals surface area contributed by atoms with Crippen molar-refractivity contribution in [3.8, 4) is 0 Å². The van der Waals surface area contributed by atoms with Crippen molar-refractivity contribution in [3.63, 3.8) is 0 Å².